The van der Waals surface area contributed by atoms with Gasteiger partial charge in [0.1, 0.15) is 5.78 Å². The zero-order valence-electron chi connectivity index (χ0n) is 11.1. The van der Waals surface area contributed by atoms with Gasteiger partial charge in [-0.05, 0) is 49.4 Å². The van der Waals surface area contributed by atoms with Gasteiger partial charge in [0.25, 0.3) is 0 Å². The van der Waals surface area contributed by atoms with E-state index in [1.165, 1.54) is 16.7 Å². The third-order valence-electron chi connectivity index (χ3n) is 3.18. The summed E-state index contributed by atoms with van der Waals surface area (Å²) in [7, 11) is 0. The lowest BCUT2D eigenvalue weighted by Crippen LogP contribution is -2.07. The van der Waals surface area contributed by atoms with E-state index in [1.807, 2.05) is 13.8 Å². The Balaban J connectivity index is 2.58. The van der Waals surface area contributed by atoms with Crippen LogP contribution in [0.25, 0.3) is 0 Å². The van der Waals surface area contributed by atoms with Gasteiger partial charge in [0.15, 0.2) is 0 Å². The highest BCUT2D eigenvalue weighted by molar-refractivity contribution is 9.10. The van der Waals surface area contributed by atoms with Crippen LogP contribution in [0.3, 0.4) is 0 Å². The Morgan fingerprint density at radius 2 is 1.82 bits per heavy atom. The maximum atomic E-state index is 11.5. The first-order chi connectivity index (χ1) is 7.91. The van der Waals surface area contributed by atoms with E-state index in [1.54, 1.807) is 0 Å². The Morgan fingerprint density at radius 1 is 1.24 bits per heavy atom. The van der Waals surface area contributed by atoms with Crippen LogP contribution < -0.4 is 0 Å². The summed E-state index contributed by atoms with van der Waals surface area (Å²) in [6.07, 6.45) is 2.61. The van der Waals surface area contributed by atoms with Crippen molar-refractivity contribution < 1.29 is 4.79 Å². The number of hydrogen-bond donors (Lipinski definition) is 0. The molecule has 0 aromatic heterocycles. The topological polar surface area (TPSA) is 17.1 Å². The van der Waals surface area contributed by atoms with E-state index in [0.717, 1.165) is 17.3 Å². The molecule has 0 radical (unpaired) electrons. The lowest BCUT2D eigenvalue weighted by Gasteiger charge is -2.09. The molecule has 0 aliphatic heterocycles. The molecule has 0 aliphatic carbocycles. The van der Waals surface area contributed by atoms with Crippen molar-refractivity contribution in [1.29, 1.82) is 0 Å². The second kappa shape index (κ2) is 6.34. The van der Waals surface area contributed by atoms with Crippen molar-refractivity contribution in [3.63, 3.8) is 0 Å². The van der Waals surface area contributed by atoms with Gasteiger partial charge in [0, 0.05) is 16.8 Å². The third-order valence-corrected chi connectivity index (χ3v) is 3.91. The first kappa shape index (κ1) is 14.4. The van der Waals surface area contributed by atoms with Gasteiger partial charge < -0.3 is 0 Å². The van der Waals surface area contributed by atoms with Crippen molar-refractivity contribution in [1.82, 2.24) is 0 Å². The molecule has 0 bridgehead atoms. The molecular formula is C15H21BrO. The first-order valence-electron chi connectivity index (χ1n) is 6.20. The summed E-state index contributed by atoms with van der Waals surface area (Å²) in [4.78, 5) is 11.5. The average Bonchev–Trinajstić information content (AvgIpc) is 2.25. The van der Waals surface area contributed by atoms with Crippen LogP contribution in [0.4, 0.5) is 0 Å². The summed E-state index contributed by atoms with van der Waals surface area (Å²) in [6, 6.07) is 4.38. The average molecular weight is 297 g/mol. The van der Waals surface area contributed by atoms with Gasteiger partial charge in [-0.25, -0.2) is 0 Å². The molecule has 1 aromatic rings. The minimum atomic E-state index is 0.165. The molecule has 1 rings (SSSR count). The van der Waals surface area contributed by atoms with Crippen molar-refractivity contribution in [3.8, 4) is 0 Å². The summed E-state index contributed by atoms with van der Waals surface area (Å²) in [5, 5.41) is 0. The maximum absolute atomic E-state index is 11.5. The van der Waals surface area contributed by atoms with Crippen molar-refractivity contribution in [2.45, 2.75) is 47.0 Å². The van der Waals surface area contributed by atoms with Crippen LogP contribution in [-0.4, -0.2) is 5.78 Å². The smallest absolute Gasteiger partial charge is 0.135 e. The molecule has 0 amide bonds. The molecule has 1 aromatic carbocycles. The van der Waals surface area contributed by atoms with E-state index >= 15 is 0 Å². The lowest BCUT2D eigenvalue weighted by atomic mass is 9.99. The van der Waals surface area contributed by atoms with Crippen LogP contribution in [0.5, 0.6) is 0 Å². The number of rotatable bonds is 5. The van der Waals surface area contributed by atoms with Crippen LogP contribution >= 0.6 is 15.9 Å². The van der Waals surface area contributed by atoms with E-state index < -0.39 is 0 Å². The van der Waals surface area contributed by atoms with Crippen molar-refractivity contribution in [3.05, 3.63) is 33.3 Å². The molecule has 0 spiro atoms. The van der Waals surface area contributed by atoms with Gasteiger partial charge in [-0.3, -0.25) is 4.79 Å². The Morgan fingerprint density at radius 3 is 2.41 bits per heavy atom. The second-order valence-electron chi connectivity index (χ2n) is 5.00. The lowest BCUT2D eigenvalue weighted by molar-refractivity contribution is -0.121. The first-order valence-corrected chi connectivity index (χ1v) is 6.99. The highest BCUT2D eigenvalue weighted by Gasteiger charge is 2.08. The number of hydrogen-bond acceptors (Lipinski definition) is 1. The molecule has 0 saturated heterocycles. The molecule has 2 heteroatoms. The molecule has 17 heavy (non-hydrogen) atoms. The molecule has 0 saturated carbocycles. The molecule has 0 heterocycles. The Kier molecular flexibility index (Phi) is 5.38. The fourth-order valence-electron chi connectivity index (χ4n) is 1.77. The fourth-order valence-corrected chi connectivity index (χ4v) is 2.43. The summed E-state index contributed by atoms with van der Waals surface area (Å²) in [5.41, 5.74) is 3.93. The van der Waals surface area contributed by atoms with Crippen LogP contribution in [0.15, 0.2) is 16.6 Å². The number of benzene rings is 1. The van der Waals surface area contributed by atoms with Gasteiger partial charge in [-0.2, -0.15) is 0 Å². The number of aryl methyl sites for hydroxylation is 3. The monoisotopic (exact) mass is 296 g/mol. The Hall–Kier alpha value is -0.630. The van der Waals surface area contributed by atoms with Gasteiger partial charge in [0.05, 0.1) is 0 Å². The van der Waals surface area contributed by atoms with Crippen LogP contribution in [0.2, 0.25) is 0 Å². The summed E-state index contributed by atoms with van der Waals surface area (Å²) >= 11 is 3.59. The van der Waals surface area contributed by atoms with Gasteiger partial charge in [0.2, 0.25) is 0 Å². The van der Waals surface area contributed by atoms with E-state index in [2.05, 4.69) is 41.9 Å². The van der Waals surface area contributed by atoms with Gasteiger partial charge >= 0.3 is 0 Å². The molecule has 0 N–H and O–H groups in total. The van der Waals surface area contributed by atoms with Gasteiger partial charge in [-0.1, -0.05) is 35.8 Å². The molecule has 0 fully saturated rings. The highest BCUT2D eigenvalue weighted by atomic mass is 79.9. The maximum Gasteiger partial charge on any atom is 0.135 e. The van der Waals surface area contributed by atoms with Crippen LogP contribution in [0, 0.1) is 19.8 Å². The number of halogens is 1. The molecule has 0 aliphatic rings. The zero-order valence-corrected chi connectivity index (χ0v) is 12.7. The van der Waals surface area contributed by atoms with Gasteiger partial charge in [-0.15, -0.1) is 0 Å². The predicted molar refractivity (Wildman–Crippen MR) is 76.4 cm³/mol. The van der Waals surface area contributed by atoms with E-state index in [-0.39, 0.29) is 5.92 Å². The molecule has 0 atom stereocenters. The molecular weight excluding hydrogens is 276 g/mol. The zero-order chi connectivity index (χ0) is 13.0. The van der Waals surface area contributed by atoms with E-state index in [9.17, 15) is 4.79 Å². The van der Waals surface area contributed by atoms with E-state index in [0.29, 0.717) is 12.2 Å². The SMILES string of the molecule is Cc1cc(Br)c(CCCC(=O)C(C)C)cc1C. The minimum absolute atomic E-state index is 0.165. The quantitative estimate of drug-likeness (QED) is 0.775. The van der Waals surface area contributed by atoms with Crippen LogP contribution in [0.1, 0.15) is 43.4 Å². The van der Waals surface area contributed by atoms with Crippen molar-refractivity contribution in [2.75, 3.05) is 0 Å². The van der Waals surface area contributed by atoms with Crippen LogP contribution in [-0.2, 0) is 11.2 Å². The minimum Gasteiger partial charge on any atom is -0.299 e. The summed E-state index contributed by atoms with van der Waals surface area (Å²) in [6.45, 7) is 8.18. The molecule has 94 valence electrons. The fraction of sp³-hybridized carbons (Fsp3) is 0.533. The standard InChI is InChI=1S/C15H21BrO/c1-10(2)15(17)7-5-6-13-8-11(3)12(4)9-14(13)16/h8-10H,5-7H2,1-4H3. The highest BCUT2D eigenvalue weighted by Crippen LogP contribution is 2.23. The Bertz CT molecular complexity index is 408. The largest absolute Gasteiger partial charge is 0.299 e. The Labute approximate surface area is 113 Å². The summed E-state index contributed by atoms with van der Waals surface area (Å²) < 4.78 is 1.16. The van der Waals surface area contributed by atoms with Crippen molar-refractivity contribution in [2.24, 2.45) is 5.92 Å². The van der Waals surface area contributed by atoms with Crippen molar-refractivity contribution >= 4 is 21.7 Å². The predicted octanol–water partition coefficient (Wildman–Crippen LogP) is 4.61. The molecule has 1 nitrogen and oxygen atoms in total. The number of ketones is 1. The molecule has 0 unspecified atom stereocenters. The number of carbonyl (C=O) groups is 1. The second-order valence-corrected chi connectivity index (χ2v) is 5.86. The normalized spacial score (nSPS) is 10.9. The summed E-state index contributed by atoms with van der Waals surface area (Å²) in [5.74, 6) is 0.531. The third kappa shape index (κ3) is 4.27. The van der Waals surface area contributed by atoms with E-state index in [4.69, 9.17) is 0 Å². The number of carbonyl (C=O) groups excluding carboxylic acids is 1. The number of Topliss-reactive ketones (excluding diaryl/α,β-unsaturated/α-hetero) is 1.